The maximum atomic E-state index is 5.47. The summed E-state index contributed by atoms with van der Waals surface area (Å²) in [6.07, 6.45) is 0.914. The van der Waals surface area contributed by atoms with Crippen LogP contribution in [0.15, 0.2) is 24.3 Å². The summed E-state index contributed by atoms with van der Waals surface area (Å²) in [6, 6.07) is 8.05. The van der Waals surface area contributed by atoms with E-state index in [4.69, 9.17) is 9.26 Å². The van der Waals surface area contributed by atoms with E-state index in [1.807, 2.05) is 24.3 Å². The molecule has 0 saturated carbocycles. The Morgan fingerprint density at radius 2 is 1.85 bits per heavy atom. The molecule has 0 aliphatic carbocycles. The highest BCUT2D eigenvalue weighted by Crippen LogP contribution is 2.11. The third-order valence-electron chi connectivity index (χ3n) is 1.70. The van der Waals surface area contributed by atoms with Crippen molar-refractivity contribution >= 4 is 9.47 Å². The van der Waals surface area contributed by atoms with Gasteiger partial charge in [-0.3, -0.25) is 0 Å². The Labute approximate surface area is 81.5 Å². The van der Waals surface area contributed by atoms with E-state index >= 15 is 0 Å². The molecule has 0 aromatic heterocycles. The molecule has 3 heteroatoms. The summed E-state index contributed by atoms with van der Waals surface area (Å²) in [5.41, 5.74) is 1.25. The van der Waals surface area contributed by atoms with Gasteiger partial charge in [-0.15, -0.1) is 0 Å². The first-order chi connectivity index (χ1) is 6.33. The van der Waals surface area contributed by atoms with Crippen LogP contribution in [0.2, 0.25) is 0 Å². The molecule has 0 bridgehead atoms. The fourth-order valence-electron chi connectivity index (χ4n) is 0.967. The maximum absolute atomic E-state index is 5.47. The first kappa shape index (κ1) is 10.5. The van der Waals surface area contributed by atoms with Crippen LogP contribution in [0.3, 0.4) is 0 Å². The average Bonchev–Trinajstić information content (AvgIpc) is 2.15. The van der Waals surface area contributed by atoms with Crippen molar-refractivity contribution in [2.45, 2.75) is 13.3 Å². The van der Waals surface area contributed by atoms with Gasteiger partial charge >= 0.3 is 0 Å². The van der Waals surface area contributed by atoms with Crippen molar-refractivity contribution in [2.75, 3.05) is 13.2 Å². The van der Waals surface area contributed by atoms with Gasteiger partial charge in [0.05, 0.1) is 13.2 Å². The van der Waals surface area contributed by atoms with Crippen LogP contribution in [0.5, 0.6) is 5.75 Å². The van der Waals surface area contributed by atoms with Crippen molar-refractivity contribution in [3.63, 3.8) is 0 Å². The monoisotopic (exact) mass is 198 g/mol. The number of hydrogen-bond donors (Lipinski definition) is 0. The topological polar surface area (TPSA) is 18.5 Å². The van der Waals surface area contributed by atoms with Crippen molar-refractivity contribution in [1.82, 2.24) is 0 Å². The Morgan fingerprint density at radius 3 is 2.46 bits per heavy atom. The van der Waals surface area contributed by atoms with E-state index in [9.17, 15) is 0 Å². The lowest BCUT2D eigenvalue weighted by Crippen LogP contribution is -1.99. The van der Waals surface area contributed by atoms with E-state index in [-0.39, 0.29) is 0 Å². The normalized spacial score (nSPS) is 10.0. The summed E-state index contributed by atoms with van der Waals surface area (Å²) in [5, 5.41) is 0. The highest BCUT2D eigenvalue weighted by molar-refractivity contribution is 7.09. The van der Waals surface area contributed by atoms with Crippen LogP contribution in [-0.4, -0.2) is 13.2 Å². The molecule has 1 atom stereocenters. The molecule has 0 radical (unpaired) electrons. The highest BCUT2D eigenvalue weighted by Gasteiger charge is 1.92. The Kier molecular flexibility index (Phi) is 4.81. The second kappa shape index (κ2) is 5.95. The lowest BCUT2D eigenvalue weighted by atomic mass is 10.2. The molecule has 0 amide bonds. The number of rotatable bonds is 5. The zero-order valence-corrected chi connectivity index (χ0v) is 8.98. The summed E-state index contributed by atoms with van der Waals surface area (Å²) >= 11 is 0. The van der Waals surface area contributed by atoms with Gasteiger partial charge in [0, 0.05) is 15.9 Å². The minimum atomic E-state index is 0.706. The molecule has 0 N–H and O–H groups in total. The maximum Gasteiger partial charge on any atom is 0.119 e. The molecule has 0 saturated heterocycles. The van der Waals surface area contributed by atoms with Crippen LogP contribution in [-0.2, 0) is 4.52 Å². The quantitative estimate of drug-likeness (QED) is 0.534. The summed E-state index contributed by atoms with van der Waals surface area (Å²) in [6.45, 7) is 3.49. The number of ether oxygens (including phenoxy) is 1. The average molecular weight is 198 g/mol. The van der Waals surface area contributed by atoms with E-state index in [0.717, 1.165) is 18.8 Å². The Balaban J connectivity index is 2.25. The van der Waals surface area contributed by atoms with Gasteiger partial charge in [-0.1, -0.05) is 17.7 Å². The minimum absolute atomic E-state index is 0.706. The van der Waals surface area contributed by atoms with E-state index in [1.165, 1.54) is 5.56 Å². The first-order valence-electron chi connectivity index (χ1n) is 4.34. The molecule has 1 unspecified atom stereocenters. The van der Waals surface area contributed by atoms with Crippen molar-refractivity contribution in [1.29, 1.82) is 0 Å². The zero-order chi connectivity index (χ0) is 9.52. The van der Waals surface area contributed by atoms with Gasteiger partial charge < -0.3 is 9.26 Å². The van der Waals surface area contributed by atoms with Crippen LogP contribution >= 0.6 is 9.47 Å². The fraction of sp³-hybridized carbons (Fsp3) is 0.400. The lowest BCUT2D eigenvalue weighted by Gasteiger charge is -2.05. The van der Waals surface area contributed by atoms with Gasteiger partial charge in [0.15, 0.2) is 0 Å². The second-order valence-corrected chi connectivity index (χ2v) is 3.22. The standard InChI is InChI=1S/C10H15O2P/c1-9-3-5-10(6-4-9)11-7-2-8-12-13/h3-6H,2,7-8,13H2,1H3. The van der Waals surface area contributed by atoms with Crippen molar-refractivity contribution in [3.8, 4) is 5.75 Å². The van der Waals surface area contributed by atoms with E-state index in [1.54, 1.807) is 0 Å². The van der Waals surface area contributed by atoms with Gasteiger partial charge in [0.2, 0.25) is 0 Å². The molecule has 0 heterocycles. The van der Waals surface area contributed by atoms with E-state index in [0.29, 0.717) is 6.61 Å². The van der Waals surface area contributed by atoms with E-state index in [2.05, 4.69) is 16.4 Å². The predicted molar refractivity (Wildman–Crippen MR) is 57.0 cm³/mol. The summed E-state index contributed by atoms with van der Waals surface area (Å²) in [7, 11) is 2.23. The highest BCUT2D eigenvalue weighted by atomic mass is 31.0. The molecule has 72 valence electrons. The number of hydrogen-bond acceptors (Lipinski definition) is 2. The molecule has 0 aliphatic rings. The van der Waals surface area contributed by atoms with Crippen molar-refractivity contribution < 1.29 is 9.26 Å². The molecule has 0 aliphatic heterocycles. The van der Waals surface area contributed by atoms with Gasteiger partial charge in [-0.2, -0.15) is 0 Å². The van der Waals surface area contributed by atoms with Crippen molar-refractivity contribution in [2.24, 2.45) is 0 Å². The van der Waals surface area contributed by atoms with Crippen LogP contribution in [0.25, 0.3) is 0 Å². The van der Waals surface area contributed by atoms with Gasteiger partial charge in [0.25, 0.3) is 0 Å². The molecule has 0 fully saturated rings. The van der Waals surface area contributed by atoms with Crippen LogP contribution < -0.4 is 4.74 Å². The predicted octanol–water partition coefficient (Wildman–Crippen LogP) is 2.57. The second-order valence-electron chi connectivity index (χ2n) is 2.89. The molecule has 1 aromatic rings. The third-order valence-corrected chi connectivity index (χ3v) is 1.93. The van der Waals surface area contributed by atoms with Gasteiger partial charge in [0.1, 0.15) is 5.75 Å². The summed E-state index contributed by atoms with van der Waals surface area (Å²) in [5.74, 6) is 0.925. The number of benzene rings is 1. The molecular weight excluding hydrogens is 183 g/mol. The zero-order valence-electron chi connectivity index (χ0n) is 7.82. The Hall–Kier alpha value is -0.590. The van der Waals surface area contributed by atoms with Gasteiger partial charge in [-0.25, -0.2) is 0 Å². The SMILES string of the molecule is Cc1ccc(OCCCOP)cc1. The summed E-state index contributed by atoms with van der Waals surface area (Å²) < 4.78 is 10.3. The summed E-state index contributed by atoms with van der Waals surface area (Å²) in [4.78, 5) is 0. The first-order valence-corrected chi connectivity index (χ1v) is 4.81. The van der Waals surface area contributed by atoms with Gasteiger partial charge in [-0.05, 0) is 19.1 Å². The largest absolute Gasteiger partial charge is 0.494 e. The molecule has 13 heavy (non-hydrogen) atoms. The van der Waals surface area contributed by atoms with Crippen LogP contribution in [0.4, 0.5) is 0 Å². The Bertz CT molecular complexity index is 233. The molecule has 2 nitrogen and oxygen atoms in total. The Morgan fingerprint density at radius 1 is 1.15 bits per heavy atom. The van der Waals surface area contributed by atoms with Crippen molar-refractivity contribution in [3.05, 3.63) is 29.8 Å². The third kappa shape index (κ3) is 4.25. The minimum Gasteiger partial charge on any atom is -0.494 e. The van der Waals surface area contributed by atoms with Crippen LogP contribution in [0.1, 0.15) is 12.0 Å². The molecule has 1 rings (SSSR count). The lowest BCUT2D eigenvalue weighted by molar-refractivity contribution is 0.266. The molecular formula is C10H15O2P. The fourth-order valence-corrected chi connectivity index (χ4v) is 1.13. The molecule has 0 spiro atoms. The molecule has 1 aromatic carbocycles. The number of aryl methyl sites for hydroxylation is 1. The van der Waals surface area contributed by atoms with E-state index < -0.39 is 0 Å². The smallest absolute Gasteiger partial charge is 0.119 e. The van der Waals surface area contributed by atoms with Crippen LogP contribution in [0, 0.1) is 6.92 Å².